The van der Waals surface area contributed by atoms with Crippen LogP contribution in [0, 0.1) is 0 Å². The summed E-state index contributed by atoms with van der Waals surface area (Å²) in [6.07, 6.45) is 0. The van der Waals surface area contributed by atoms with Gasteiger partial charge in [-0.15, -0.1) is 0 Å². The second-order valence-electron chi connectivity index (χ2n) is 16.0. The lowest BCUT2D eigenvalue weighted by Gasteiger charge is -2.14. The van der Waals surface area contributed by atoms with Crippen molar-refractivity contribution in [2.45, 2.75) is 0 Å². The zero-order valence-corrected chi connectivity index (χ0v) is 34.2. The van der Waals surface area contributed by atoms with Gasteiger partial charge in [-0.3, -0.25) is 0 Å². The van der Waals surface area contributed by atoms with Crippen LogP contribution < -0.4 is 0 Å². The van der Waals surface area contributed by atoms with Crippen molar-refractivity contribution in [1.29, 1.82) is 0 Å². The van der Waals surface area contributed by atoms with Gasteiger partial charge >= 0.3 is 0 Å². The normalized spacial score (nSPS) is 11.5. The lowest BCUT2D eigenvalue weighted by atomic mass is 9.96. The van der Waals surface area contributed by atoms with E-state index < -0.39 is 0 Å². The van der Waals surface area contributed by atoms with Gasteiger partial charge in [0.15, 0.2) is 5.82 Å². The standard InChI is InChI=1S/C59H38N4/c1-5-17-41(18-6-1)54-38-55(42-19-7-2-8-20-42)62-59(61-54)45-24-15-23-44(35-45)39-31-33-40(34-32-39)47-28-16-29-49-51-36-50-48-27-13-14-30-53(48)60-57(43-21-9-3-10-22-43)52(50)37-56(51)63(58(47)49)46-25-11-4-12-26-46/h1-38H. The number of hydrogen-bond donors (Lipinski definition) is 0. The molecule has 9 aromatic carbocycles. The van der Waals surface area contributed by atoms with Crippen molar-refractivity contribution < 1.29 is 0 Å². The van der Waals surface area contributed by atoms with Crippen molar-refractivity contribution in [3.63, 3.8) is 0 Å². The van der Waals surface area contributed by atoms with Crippen LogP contribution in [0.4, 0.5) is 0 Å². The molecule has 0 amide bonds. The Balaban J connectivity index is 0.999. The summed E-state index contributed by atoms with van der Waals surface area (Å²) < 4.78 is 2.44. The monoisotopic (exact) mass is 802 g/mol. The highest BCUT2D eigenvalue weighted by molar-refractivity contribution is 6.21. The Labute approximate surface area is 365 Å². The van der Waals surface area contributed by atoms with Crippen molar-refractivity contribution in [2.24, 2.45) is 0 Å². The largest absolute Gasteiger partial charge is 0.309 e. The topological polar surface area (TPSA) is 43.6 Å². The summed E-state index contributed by atoms with van der Waals surface area (Å²) in [5, 5.41) is 5.90. The Morgan fingerprint density at radius 3 is 1.56 bits per heavy atom. The molecule has 0 atom stereocenters. The van der Waals surface area contributed by atoms with Gasteiger partial charge in [-0.25, -0.2) is 15.0 Å². The molecule has 4 nitrogen and oxygen atoms in total. The van der Waals surface area contributed by atoms with Crippen molar-refractivity contribution in [1.82, 2.24) is 19.5 Å². The van der Waals surface area contributed by atoms with E-state index in [0.717, 1.165) is 83.5 Å². The van der Waals surface area contributed by atoms with Crippen molar-refractivity contribution in [2.75, 3.05) is 0 Å². The van der Waals surface area contributed by atoms with Crippen LogP contribution in [0.5, 0.6) is 0 Å². The number of para-hydroxylation sites is 3. The minimum atomic E-state index is 0.696. The number of pyridine rings is 1. The molecule has 0 aliphatic carbocycles. The number of aromatic nitrogens is 4. The fourth-order valence-electron chi connectivity index (χ4n) is 9.17. The van der Waals surface area contributed by atoms with Gasteiger partial charge in [0.05, 0.1) is 33.6 Å². The summed E-state index contributed by atoms with van der Waals surface area (Å²) >= 11 is 0. The predicted octanol–water partition coefficient (Wildman–Crippen LogP) is 15.3. The van der Waals surface area contributed by atoms with Gasteiger partial charge in [-0.05, 0) is 64.5 Å². The molecule has 0 unspecified atom stereocenters. The molecule has 0 spiro atoms. The third-order valence-electron chi connectivity index (χ3n) is 12.2. The van der Waals surface area contributed by atoms with Crippen LogP contribution in [0.15, 0.2) is 231 Å². The van der Waals surface area contributed by atoms with Crippen LogP contribution in [0.25, 0.3) is 117 Å². The third-order valence-corrected chi connectivity index (χ3v) is 12.2. The van der Waals surface area contributed by atoms with Crippen molar-refractivity contribution >= 4 is 43.5 Å². The molecule has 63 heavy (non-hydrogen) atoms. The molecule has 0 saturated heterocycles. The predicted molar refractivity (Wildman–Crippen MR) is 262 cm³/mol. The third kappa shape index (κ3) is 6.44. The highest BCUT2D eigenvalue weighted by atomic mass is 15.0. The smallest absolute Gasteiger partial charge is 0.160 e. The van der Waals surface area contributed by atoms with Gasteiger partial charge in [-0.1, -0.05) is 188 Å². The zero-order chi connectivity index (χ0) is 41.7. The molecule has 0 aliphatic heterocycles. The molecule has 12 rings (SSSR count). The summed E-state index contributed by atoms with van der Waals surface area (Å²) in [6, 6.07) is 81.6. The Kier molecular flexibility index (Phi) is 8.79. The first-order valence-electron chi connectivity index (χ1n) is 21.4. The number of nitrogens with zero attached hydrogens (tertiary/aromatic N) is 4. The van der Waals surface area contributed by atoms with E-state index in [4.69, 9.17) is 15.0 Å². The summed E-state index contributed by atoms with van der Waals surface area (Å²) in [7, 11) is 0. The molecule has 4 heteroatoms. The Morgan fingerprint density at radius 1 is 0.302 bits per heavy atom. The molecule has 0 radical (unpaired) electrons. The van der Waals surface area contributed by atoms with Crippen LogP contribution in [-0.4, -0.2) is 19.5 Å². The first kappa shape index (κ1) is 36.4. The van der Waals surface area contributed by atoms with E-state index in [9.17, 15) is 0 Å². The molecular formula is C59H38N4. The minimum Gasteiger partial charge on any atom is -0.309 e. The zero-order valence-electron chi connectivity index (χ0n) is 34.2. The van der Waals surface area contributed by atoms with Crippen LogP contribution >= 0.6 is 0 Å². The van der Waals surface area contributed by atoms with E-state index in [-0.39, 0.29) is 0 Å². The Hall–Kier alpha value is -8.47. The fraction of sp³-hybridized carbons (Fsp3) is 0. The van der Waals surface area contributed by atoms with Crippen LogP contribution in [0.3, 0.4) is 0 Å². The van der Waals surface area contributed by atoms with Gasteiger partial charge in [-0.2, -0.15) is 0 Å². The summed E-state index contributed by atoms with van der Waals surface area (Å²) in [4.78, 5) is 15.5. The van der Waals surface area contributed by atoms with E-state index in [0.29, 0.717) is 5.82 Å². The van der Waals surface area contributed by atoms with Crippen LogP contribution in [0.2, 0.25) is 0 Å². The maximum absolute atomic E-state index is 5.27. The van der Waals surface area contributed by atoms with Crippen molar-refractivity contribution in [3.05, 3.63) is 231 Å². The number of hydrogen-bond acceptors (Lipinski definition) is 3. The highest BCUT2D eigenvalue weighted by Crippen LogP contribution is 2.43. The SMILES string of the molecule is c1ccc(-c2cc(-c3ccccc3)nc(-c3cccc(-c4ccc(-c5cccc6c7cc8c(cc7n(-c7ccccc7)c56)c(-c5ccccc5)nc5ccccc58)cc4)c3)n2)cc1. The van der Waals surface area contributed by atoms with Crippen LogP contribution in [-0.2, 0) is 0 Å². The second-order valence-corrected chi connectivity index (χ2v) is 16.0. The van der Waals surface area contributed by atoms with E-state index in [2.05, 4.69) is 199 Å². The molecule has 0 aliphatic rings. The molecule has 3 aromatic heterocycles. The minimum absolute atomic E-state index is 0.696. The van der Waals surface area contributed by atoms with Gasteiger partial charge in [0, 0.05) is 55.0 Å². The molecule has 0 N–H and O–H groups in total. The fourth-order valence-corrected chi connectivity index (χ4v) is 9.17. The first-order valence-corrected chi connectivity index (χ1v) is 21.4. The van der Waals surface area contributed by atoms with Crippen LogP contribution in [0.1, 0.15) is 0 Å². The van der Waals surface area contributed by atoms with Gasteiger partial charge in [0.25, 0.3) is 0 Å². The molecular weight excluding hydrogens is 765 g/mol. The molecule has 12 aromatic rings. The average Bonchev–Trinajstić information content (AvgIpc) is 3.70. The van der Waals surface area contributed by atoms with E-state index in [1.54, 1.807) is 0 Å². The lowest BCUT2D eigenvalue weighted by Crippen LogP contribution is -1.96. The molecule has 0 bridgehead atoms. The maximum atomic E-state index is 5.27. The molecule has 0 saturated carbocycles. The highest BCUT2D eigenvalue weighted by Gasteiger charge is 2.20. The number of fused-ring (bicyclic) bond motifs is 6. The quantitative estimate of drug-likeness (QED) is 0.151. The van der Waals surface area contributed by atoms with Gasteiger partial charge in [0.1, 0.15) is 0 Å². The maximum Gasteiger partial charge on any atom is 0.160 e. The molecule has 3 heterocycles. The Bertz CT molecular complexity index is 3580. The number of rotatable bonds is 7. The lowest BCUT2D eigenvalue weighted by molar-refractivity contribution is 1.18. The summed E-state index contributed by atoms with van der Waals surface area (Å²) in [5.41, 5.74) is 15.9. The summed E-state index contributed by atoms with van der Waals surface area (Å²) in [5.74, 6) is 0.696. The number of benzene rings is 9. The van der Waals surface area contributed by atoms with E-state index in [1.807, 2.05) is 36.4 Å². The van der Waals surface area contributed by atoms with E-state index in [1.165, 1.54) is 27.2 Å². The summed E-state index contributed by atoms with van der Waals surface area (Å²) in [6.45, 7) is 0. The second kappa shape index (κ2) is 15.2. The molecule has 294 valence electrons. The molecule has 0 fully saturated rings. The van der Waals surface area contributed by atoms with Crippen molar-refractivity contribution in [3.8, 4) is 73.1 Å². The van der Waals surface area contributed by atoms with Gasteiger partial charge < -0.3 is 4.57 Å². The average molecular weight is 803 g/mol. The van der Waals surface area contributed by atoms with Gasteiger partial charge in [0.2, 0.25) is 0 Å². The Morgan fingerprint density at radius 2 is 0.857 bits per heavy atom. The van der Waals surface area contributed by atoms with E-state index >= 15 is 0 Å². The first-order chi connectivity index (χ1) is 31.2.